The predicted molar refractivity (Wildman–Crippen MR) is 166 cm³/mol. The van der Waals surface area contributed by atoms with Crippen LogP contribution < -0.4 is 0 Å². The predicted octanol–water partition coefficient (Wildman–Crippen LogP) is 5.36. The van der Waals surface area contributed by atoms with E-state index in [2.05, 4.69) is 20.4 Å². The van der Waals surface area contributed by atoms with E-state index < -0.39 is 20.0 Å². The van der Waals surface area contributed by atoms with Crippen LogP contribution in [-0.4, -0.2) is 56.6 Å². The molecule has 41 heavy (non-hydrogen) atoms. The highest BCUT2D eigenvalue weighted by Gasteiger charge is 2.29. The topological polar surface area (TPSA) is 87.7 Å². The Kier molecular flexibility index (Phi) is 10.9. The summed E-state index contributed by atoms with van der Waals surface area (Å²) in [5.41, 5.74) is 5.16. The Morgan fingerprint density at radius 2 is 1.15 bits per heavy atom. The lowest BCUT2D eigenvalue weighted by molar-refractivity contribution is 0.401. The van der Waals surface area contributed by atoms with E-state index in [1.165, 1.54) is 8.61 Å². The van der Waals surface area contributed by atoms with Crippen LogP contribution in [-0.2, 0) is 39.3 Å². The normalized spacial score (nSPS) is 16.1. The maximum absolute atomic E-state index is 13.8. The molecule has 7 nitrogen and oxygen atoms in total. The molecule has 2 aromatic carbocycles. The minimum Gasteiger partial charge on any atom is -0.258 e. The maximum Gasteiger partial charge on any atom is 0.243 e. The van der Waals surface area contributed by atoms with Crippen LogP contribution in [0.15, 0.2) is 82.6 Å². The van der Waals surface area contributed by atoms with Crippen molar-refractivity contribution in [3.63, 3.8) is 0 Å². The highest BCUT2D eigenvalue weighted by molar-refractivity contribution is 7.89. The summed E-state index contributed by atoms with van der Waals surface area (Å²) in [6, 6.07) is 17.6. The molecule has 1 aromatic heterocycles. The summed E-state index contributed by atoms with van der Waals surface area (Å²) in [4.78, 5) is 5.23. The summed E-state index contributed by atoms with van der Waals surface area (Å²) in [7, 11) is -7.71. The van der Waals surface area contributed by atoms with Gasteiger partial charge >= 0.3 is 0 Å². The van der Waals surface area contributed by atoms with Gasteiger partial charge in [-0.05, 0) is 73.7 Å². The Morgan fingerprint density at radius 3 is 1.51 bits per heavy atom. The van der Waals surface area contributed by atoms with Gasteiger partial charge in [0.05, 0.1) is 9.79 Å². The number of fused-ring (bicyclic) bond motifs is 2. The second kappa shape index (κ2) is 13.6. The molecule has 0 unspecified atom stereocenters. The molecule has 2 bridgehead atoms. The number of pyridine rings is 1. The van der Waals surface area contributed by atoms with E-state index in [1.54, 1.807) is 48.5 Å². The van der Waals surface area contributed by atoms with Crippen LogP contribution in [0, 0.1) is 19.8 Å². The lowest BCUT2D eigenvalue weighted by atomic mass is 10.0. The molecule has 0 aliphatic carbocycles. The largest absolute Gasteiger partial charge is 0.258 e. The Labute approximate surface area is 251 Å². The molecule has 1 aliphatic heterocycles. The molecule has 0 atom stereocenters. The standard InChI is InChI=1S/C31H39N3O4S2.ClH/c1-23(2)18-27-19-28-14-16-33(39(35,36)30-10-6-24(3)7-11-30)21-26(5)22-34(17-15-29(20-27)32-28)40(37,38)31-12-8-25(4)9-13-31;/h6-13,19-20,23H,5,14-18,21-22H2,1-4H3;1H. The molecule has 4 rings (SSSR count). The second-order valence-electron chi connectivity index (χ2n) is 11.1. The van der Waals surface area contributed by atoms with Crippen molar-refractivity contribution >= 4 is 32.5 Å². The van der Waals surface area contributed by atoms with E-state index in [1.807, 2.05) is 26.0 Å². The number of halogens is 1. The summed E-state index contributed by atoms with van der Waals surface area (Å²) >= 11 is 0. The lowest BCUT2D eigenvalue weighted by Crippen LogP contribution is -2.40. The van der Waals surface area contributed by atoms with Crippen LogP contribution in [0.4, 0.5) is 0 Å². The lowest BCUT2D eigenvalue weighted by Gasteiger charge is -2.28. The Morgan fingerprint density at radius 1 is 0.756 bits per heavy atom. The molecular formula is C31H40ClN3O4S2. The Bertz CT molecular complexity index is 1460. The van der Waals surface area contributed by atoms with E-state index in [0.717, 1.165) is 34.5 Å². The van der Waals surface area contributed by atoms with Crippen LogP contribution >= 0.6 is 12.4 Å². The van der Waals surface area contributed by atoms with Gasteiger partial charge in [-0.15, -0.1) is 12.4 Å². The number of hydrogen-bond acceptors (Lipinski definition) is 5. The van der Waals surface area contributed by atoms with Gasteiger partial charge in [0.25, 0.3) is 0 Å². The summed E-state index contributed by atoms with van der Waals surface area (Å²) in [5, 5.41) is 0. The smallest absolute Gasteiger partial charge is 0.243 e. The number of aromatic nitrogens is 1. The summed E-state index contributed by atoms with van der Waals surface area (Å²) in [6.45, 7) is 12.7. The number of nitrogens with zero attached hydrogens (tertiary/aromatic N) is 3. The average Bonchev–Trinajstić information content (AvgIpc) is 2.88. The van der Waals surface area contributed by atoms with Gasteiger partial charge in [-0.25, -0.2) is 16.8 Å². The van der Waals surface area contributed by atoms with Crippen molar-refractivity contribution in [3.05, 3.63) is 101 Å². The van der Waals surface area contributed by atoms with E-state index in [9.17, 15) is 16.8 Å². The minimum absolute atomic E-state index is 0. The Hall–Kier alpha value is -2.56. The third kappa shape index (κ3) is 8.26. The quantitative estimate of drug-likeness (QED) is 0.348. The van der Waals surface area contributed by atoms with Gasteiger partial charge in [0, 0.05) is 50.4 Å². The molecule has 2 heterocycles. The molecule has 0 fully saturated rings. The number of sulfonamides is 2. The Balaban J connectivity index is 0.00000462. The highest BCUT2D eigenvalue weighted by atomic mass is 35.5. The molecule has 222 valence electrons. The zero-order valence-electron chi connectivity index (χ0n) is 24.2. The fraction of sp³-hybridized carbons (Fsp3) is 0.387. The van der Waals surface area contributed by atoms with Crippen molar-refractivity contribution in [1.82, 2.24) is 13.6 Å². The first-order valence-electron chi connectivity index (χ1n) is 13.6. The van der Waals surface area contributed by atoms with Crippen molar-refractivity contribution < 1.29 is 16.8 Å². The molecule has 0 saturated heterocycles. The van der Waals surface area contributed by atoms with Crippen molar-refractivity contribution in [2.24, 2.45) is 5.92 Å². The van der Waals surface area contributed by atoms with E-state index >= 15 is 0 Å². The second-order valence-corrected chi connectivity index (χ2v) is 15.0. The van der Waals surface area contributed by atoms with Gasteiger partial charge in [0.2, 0.25) is 20.0 Å². The first-order valence-corrected chi connectivity index (χ1v) is 16.5. The van der Waals surface area contributed by atoms with Crippen LogP contribution in [0.5, 0.6) is 0 Å². The molecule has 0 N–H and O–H groups in total. The van der Waals surface area contributed by atoms with Crippen LogP contribution in [0.25, 0.3) is 0 Å². The first-order chi connectivity index (χ1) is 18.8. The highest BCUT2D eigenvalue weighted by Crippen LogP contribution is 2.23. The van der Waals surface area contributed by atoms with E-state index in [0.29, 0.717) is 24.3 Å². The van der Waals surface area contributed by atoms with Gasteiger partial charge in [-0.3, -0.25) is 4.98 Å². The molecule has 0 spiro atoms. The zero-order chi connectivity index (χ0) is 29.1. The zero-order valence-corrected chi connectivity index (χ0v) is 26.7. The molecule has 0 radical (unpaired) electrons. The third-order valence-corrected chi connectivity index (χ3v) is 10.7. The van der Waals surface area contributed by atoms with E-state index in [-0.39, 0.29) is 48.4 Å². The number of hydrogen-bond donors (Lipinski definition) is 0. The monoisotopic (exact) mass is 617 g/mol. The molecule has 0 amide bonds. The number of aryl methyl sites for hydroxylation is 2. The summed E-state index contributed by atoms with van der Waals surface area (Å²) < 4.78 is 57.8. The molecule has 0 saturated carbocycles. The fourth-order valence-corrected chi connectivity index (χ4v) is 7.80. The van der Waals surface area contributed by atoms with Gasteiger partial charge in [0.15, 0.2) is 0 Å². The van der Waals surface area contributed by atoms with Gasteiger partial charge < -0.3 is 0 Å². The van der Waals surface area contributed by atoms with Crippen molar-refractivity contribution in [2.75, 3.05) is 26.2 Å². The molecule has 3 aromatic rings. The van der Waals surface area contributed by atoms with Crippen molar-refractivity contribution in [3.8, 4) is 0 Å². The SMILES string of the molecule is C=C1CN(S(=O)(=O)c2ccc(C)cc2)CCc2cc(CC(C)C)cc(n2)CCN(S(=O)(=O)c2ccc(C)cc2)C1.Cl. The number of rotatable bonds is 6. The summed E-state index contributed by atoms with van der Waals surface area (Å²) in [6.07, 6.45) is 1.75. The summed E-state index contributed by atoms with van der Waals surface area (Å²) in [5.74, 6) is 0.433. The van der Waals surface area contributed by atoms with Crippen LogP contribution in [0.3, 0.4) is 0 Å². The van der Waals surface area contributed by atoms with Crippen molar-refractivity contribution in [2.45, 2.75) is 56.7 Å². The minimum atomic E-state index is -3.86. The van der Waals surface area contributed by atoms with Gasteiger partial charge in [0.1, 0.15) is 0 Å². The first kappa shape index (κ1) is 32.9. The number of benzene rings is 2. The van der Waals surface area contributed by atoms with Crippen molar-refractivity contribution in [1.29, 1.82) is 0 Å². The van der Waals surface area contributed by atoms with Crippen LogP contribution in [0.1, 0.15) is 41.9 Å². The fourth-order valence-electron chi connectivity index (χ4n) is 4.88. The van der Waals surface area contributed by atoms with E-state index in [4.69, 9.17) is 4.98 Å². The molecular weight excluding hydrogens is 578 g/mol. The molecule has 1 aliphatic rings. The van der Waals surface area contributed by atoms with Gasteiger partial charge in [-0.1, -0.05) is 55.8 Å². The maximum atomic E-state index is 13.8. The van der Waals surface area contributed by atoms with Crippen LogP contribution in [0.2, 0.25) is 0 Å². The van der Waals surface area contributed by atoms with Gasteiger partial charge in [-0.2, -0.15) is 8.61 Å². The molecule has 10 heteroatoms. The average molecular weight is 618 g/mol. The third-order valence-electron chi connectivity index (χ3n) is 6.99.